The molecule has 9 aromatic carbocycles. The molecule has 0 aliphatic rings. The van der Waals surface area contributed by atoms with Gasteiger partial charge in [-0.3, -0.25) is 0 Å². The van der Waals surface area contributed by atoms with E-state index in [2.05, 4.69) is 194 Å². The minimum absolute atomic E-state index is 1.21. The third-order valence-electron chi connectivity index (χ3n) is 9.69. The summed E-state index contributed by atoms with van der Waals surface area (Å²) in [5, 5.41) is 7.56. The van der Waals surface area contributed by atoms with Crippen LogP contribution in [0.5, 0.6) is 0 Å². The van der Waals surface area contributed by atoms with Crippen LogP contribution in [0.4, 0.5) is 0 Å². The monoisotopic (exact) mass is 608 g/mol. The van der Waals surface area contributed by atoms with E-state index in [-0.39, 0.29) is 0 Å². The highest BCUT2D eigenvalue weighted by atomic mass is 14.2. The SMILES string of the molecule is c1ccc(-c2ccc(-c3ccc(-c4c5ccccc5c(-c5ccccc5)c5ccccc45)cc3-c3cccc4ccccc34)cc2)cc1. The van der Waals surface area contributed by atoms with Crippen LogP contribution in [0.2, 0.25) is 0 Å². The van der Waals surface area contributed by atoms with Crippen molar-refractivity contribution < 1.29 is 0 Å². The average molecular weight is 609 g/mol. The van der Waals surface area contributed by atoms with Gasteiger partial charge in [-0.2, -0.15) is 0 Å². The third-order valence-corrected chi connectivity index (χ3v) is 9.69. The molecule has 0 fully saturated rings. The van der Waals surface area contributed by atoms with Crippen molar-refractivity contribution in [2.45, 2.75) is 0 Å². The fourth-order valence-electron chi connectivity index (χ4n) is 7.46. The van der Waals surface area contributed by atoms with E-state index in [4.69, 9.17) is 0 Å². The Morgan fingerprint density at radius 3 is 1.27 bits per heavy atom. The molecule has 0 radical (unpaired) electrons. The van der Waals surface area contributed by atoms with Crippen LogP contribution in [0.1, 0.15) is 0 Å². The van der Waals surface area contributed by atoms with Gasteiger partial charge in [-0.05, 0) is 94.0 Å². The van der Waals surface area contributed by atoms with Crippen LogP contribution in [0.15, 0.2) is 194 Å². The molecule has 0 saturated heterocycles. The first kappa shape index (κ1) is 28.0. The largest absolute Gasteiger partial charge is 0.0622 e. The summed E-state index contributed by atoms with van der Waals surface area (Å²) in [7, 11) is 0. The minimum Gasteiger partial charge on any atom is -0.0622 e. The lowest BCUT2D eigenvalue weighted by Crippen LogP contribution is -1.93. The van der Waals surface area contributed by atoms with E-state index in [0.29, 0.717) is 0 Å². The Labute approximate surface area is 281 Å². The zero-order valence-corrected chi connectivity index (χ0v) is 26.5. The smallest absolute Gasteiger partial charge is 0.00261 e. The van der Waals surface area contributed by atoms with Gasteiger partial charge in [0.25, 0.3) is 0 Å². The standard InChI is InChI=1S/C48H32/c1-3-14-33(15-4-1)34-26-28-36(29-27-34)40-31-30-38(32-46(40)41-25-13-19-35-16-7-8-20-39(35)41)48-44-23-11-9-21-42(44)47(37-17-5-2-6-18-37)43-22-10-12-24-45(43)48/h1-32H. The minimum atomic E-state index is 1.21. The summed E-state index contributed by atoms with van der Waals surface area (Å²) in [4.78, 5) is 0. The topological polar surface area (TPSA) is 0 Å². The van der Waals surface area contributed by atoms with E-state index in [1.807, 2.05) is 0 Å². The molecule has 0 unspecified atom stereocenters. The summed E-state index contributed by atoms with van der Waals surface area (Å²) in [5.74, 6) is 0. The molecule has 0 aliphatic heterocycles. The van der Waals surface area contributed by atoms with Gasteiger partial charge >= 0.3 is 0 Å². The Morgan fingerprint density at radius 2 is 0.646 bits per heavy atom. The highest BCUT2D eigenvalue weighted by Gasteiger charge is 2.19. The Morgan fingerprint density at radius 1 is 0.208 bits per heavy atom. The van der Waals surface area contributed by atoms with Crippen molar-refractivity contribution in [3.05, 3.63) is 194 Å². The predicted molar refractivity (Wildman–Crippen MR) is 206 cm³/mol. The molecule has 0 saturated carbocycles. The predicted octanol–water partition coefficient (Wildman–Crippen LogP) is 13.5. The van der Waals surface area contributed by atoms with Crippen molar-refractivity contribution in [1.82, 2.24) is 0 Å². The van der Waals surface area contributed by atoms with Crippen LogP contribution >= 0.6 is 0 Å². The number of rotatable bonds is 5. The van der Waals surface area contributed by atoms with Crippen molar-refractivity contribution in [2.75, 3.05) is 0 Å². The van der Waals surface area contributed by atoms with Crippen LogP contribution in [0.25, 0.3) is 88.0 Å². The van der Waals surface area contributed by atoms with E-state index < -0.39 is 0 Å². The van der Waals surface area contributed by atoms with Gasteiger partial charge in [-0.1, -0.05) is 188 Å². The van der Waals surface area contributed by atoms with Crippen LogP contribution < -0.4 is 0 Å². The summed E-state index contributed by atoms with van der Waals surface area (Å²) >= 11 is 0. The Kier molecular flexibility index (Phi) is 6.91. The molecular formula is C48H32. The maximum atomic E-state index is 2.43. The molecule has 0 bridgehead atoms. The van der Waals surface area contributed by atoms with Gasteiger partial charge in [-0.25, -0.2) is 0 Å². The van der Waals surface area contributed by atoms with Crippen LogP contribution in [0.3, 0.4) is 0 Å². The molecule has 9 rings (SSSR count). The van der Waals surface area contributed by atoms with E-state index in [0.717, 1.165) is 0 Å². The molecule has 0 nitrogen and oxygen atoms in total. The average Bonchev–Trinajstić information content (AvgIpc) is 3.17. The van der Waals surface area contributed by atoms with Crippen molar-refractivity contribution in [3.8, 4) is 55.6 Å². The summed E-state index contributed by atoms with van der Waals surface area (Å²) in [6.07, 6.45) is 0. The lowest BCUT2D eigenvalue weighted by atomic mass is 9.83. The zero-order chi connectivity index (χ0) is 31.9. The summed E-state index contributed by atoms with van der Waals surface area (Å²) < 4.78 is 0. The highest BCUT2D eigenvalue weighted by Crippen LogP contribution is 2.46. The Bertz CT molecular complexity index is 2510. The first-order chi connectivity index (χ1) is 23.8. The Balaban J connectivity index is 1.32. The molecule has 224 valence electrons. The number of hydrogen-bond donors (Lipinski definition) is 0. The van der Waals surface area contributed by atoms with E-state index in [9.17, 15) is 0 Å². The quantitative estimate of drug-likeness (QED) is 0.171. The Hall–Kier alpha value is -6.24. The molecule has 0 aromatic heterocycles. The second-order valence-corrected chi connectivity index (χ2v) is 12.4. The number of hydrogen-bond acceptors (Lipinski definition) is 0. The lowest BCUT2D eigenvalue weighted by molar-refractivity contribution is 1.57. The van der Waals surface area contributed by atoms with Gasteiger partial charge < -0.3 is 0 Å². The van der Waals surface area contributed by atoms with Crippen LogP contribution in [-0.4, -0.2) is 0 Å². The first-order valence-corrected chi connectivity index (χ1v) is 16.6. The molecule has 0 spiro atoms. The molecule has 0 amide bonds. The van der Waals surface area contributed by atoms with Gasteiger partial charge in [0.05, 0.1) is 0 Å². The van der Waals surface area contributed by atoms with Crippen LogP contribution in [-0.2, 0) is 0 Å². The maximum Gasteiger partial charge on any atom is -0.00261 e. The first-order valence-electron chi connectivity index (χ1n) is 16.6. The molecule has 0 N–H and O–H groups in total. The molecule has 0 heteroatoms. The van der Waals surface area contributed by atoms with Gasteiger partial charge in [0.15, 0.2) is 0 Å². The van der Waals surface area contributed by atoms with Crippen molar-refractivity contribution >= 4 is 32.3 Å². The van der Waals surface area contributed by atoms with Crippen molar-refractivity contribution in [1.29, 1.82) is 0 Å². The van der Waals surface area contributed by atoms with E-state index in [1.165, 1.54) is 88.0 Å². The molecular weight excluding hydrogens is 577 g/mol. The van der Waals surface area contributed by atoms with Crippen molar-refractivity contribution in [2.24, 2.45) is 0 Å². The lowest BCUT2D eigenvalue weighted by Gasteiger charge is -2.20. The van der Waals surface area contributed by atoms with Gasteiger partial charge in [0, 0.05) is 0 Å². The normalized spacial score (nSPS) is 11.3. The highest BCUT2D eigenvalue weighted by molar-refractivity contribution is 6.21. The van der Waals surface area contributed by atoms with Gasteiger partial charge in [0.2, 0.25) is 0 Å². The fourth-order valence-corrected chi connectivity index (χ4v) is 7.46. The molecule has 0 heterocycles. The van der Waals surface area contributed by atoms with Gasteiger partial charge in [0.1, 0.15) is 0 Å². The fraction of sp³-hybridized carbons (Fsp3) is 0. The van der Waals surface area contributed by atoms with E-state index >= 15 is 0 Å². The van der Waals surface area contributed by atoms with E-state index in [1.54, 1.807) is 0 Å². The summed E-state index contributed by atoms with van der Waals surface area (Å²) in [6, 6.07) is 70.7. The van der Waals surface area contributed by atoms with Gasteiger partial charge in [-0.15, -0.1) is 0 Å². The molecule has 0 aliphatic carbocycles. The number of benzene rings is 9. The summed E-state index contributed by atoms with van der Waals surface area (Å²) in [6.45, 7) is 0. The molecule has 48 heavy (non-hydrogen) atoms. The maximum absolute atomic E-state index is 2.43. The van der Waals surface area contributed by atoms with Crippen molar-refractivity contribution in [3.63, 3.8) is 0 Å². The third kappa shape index (κ3) is 4.78. The summed E-state index contributed by atoms with van der Waals surface area (Å²) in [5.41, 5.74) is 12.4. The van der Waals surface area contributed by atoms with Crippen LogP contribution in [0, 0.1) is 0 Å². The second kappa shape index (κ2) is 11.8. The molecule has 0 atom stereocenters. The zero-order valence-electron chi connectivity index (χ0n) is 26.5. The molecule has 9 aromatic rings. The number of fused-ring (bicyclic) bond motifs is 3. The second-order valence-electron chi connectivity index (χ2n) is 12.4.